The van der Waals surface area contributed by atoms with Gasteiger partial charge < -0.3 is 5.32 Å². The molecule has 0 radical (unpaired) electrons. The Morgan fingerprint density at radius 1 is 1.64 bits per heavy atom. The van der Waals surface area contributed by atoms with Gasteiger partial charge in [0.05, 0.1) is 12.5 Å². The highest BCUT2D eigenvalue weighted by atomic mass is 16.7. The molecule has 0 unspecified atom stereocenters. The normalized spacial score (nSPS) is 35.7. The number of rotatable bonds is 2. The first-order valence-electron chi connectivity index (χ1n) is 5.24. The van der Waals surface area contributed by atoms with Gasteiger partial charge in [0.25, 0.3) is 5.91 Å². The lowest BCUT2D eigenvalue weighted by Crippen LogP contribution is -2.44. The maximum Gasteiger partial charge on any atom is 0.253 e. The molecule has 4 nitrogen and oxygen atoms in total. The fourth-order valence-electron chi connectivity index (χ4n) is 2.90. The second-order valence-electron chi connectivity index (χ2n) is 4.36. The van der Waals surface area contributed by atoms with Crippen molar-refractivity contribution in [3.63, 3.8) is 0 Å². The predicted octanol–water partition coefficient (Wildman–Crippen LogP) is 0.396. The van der Waals surface area contributed by atoms with Gasteiger partial charge in [-0.15, -0.1) is 0 Å². The van der Waals surface area contributed by atoms with Gasteiger partial charge >= 0.3 is 0 Å². The van der Waals surface area contributed by atoms with Crippen LogP contribution >= 0.6 is 0 Å². The Morgan fingerprint density at radius 2 is 2.43 bits per heavy atom. The minimum atomic E-state index is -0.162. The van der Waals surface area contributed by atoms with E-state index in [9.17, 15) is 4.79 Å². The summed E-state index contributed by atoms with van der Waals surface area (Å²) < 4.78 is 0. The summed E-state index contributed by atoms with van der Waals surface area (Å²) in [5.74, 6) is 0.667. The number of carbonyl (C=O) groups is 1. The van der Waals surface area contributed by atoms with Gasteiger partial charge in [0, 0.05) is 13.6 Å². The van der Waals surface area contributed by atoms with Crippen LogP contribution in [-0.2, 0) is 9.63 Å². The van der Waals surface area contributed by atoms with Crippen molar-refractivity contribution in [2.75, 3.05) is 27.2 Å². The van der Waals surface area contributed by atoms with Crippen molar-refractivity contribution in [3.8, 4) is 0 Å². The Bertz CT molecular complexity index is 232. The predicted molar refractivity (Wildman–Crippen MR) is 52.4 cm³/mol. The van der Waals surface area contributed by atoms with E-state index >= 15 is 0 Å². The minimum Gasteiger partial charge on any atom is -0.315 e. The van der Waals surface area contributed by atoms with Crippen LogP contribution in [-0.4, -0.2) is 38.2 Å². The third kappa shape index (κ3) is 1.25. The molecule has 0 spiro atoms. The molecule has 0 bridgehead atoms. The van der Waals surface area contributed by atoms with Crippen LogP contribution in [0.4, 0.5) is 0 Å². The van der Waals surface area contributed by atoms with Crippen LogP contribution in [0.15, 0.2) is 0 Å². The Kier molecular flexibility index (Phi) is 2.49. The molecule has 2 fully saturated rings. The average molecular weight is 198 g/mol. The van der Waals surface area contributed by atoms with E-state index in [2.05, 4.69) is 5.32 Å². The van der Waals surface area contributed by atoms with Crippen LogP contribution in [0.25, 0.3) is 0 Å². The molecule has 80 valence electrons. The molecule has 0 aromatic rings. The van der Waals surface area contributed by atoms with Crippen LogP contribution in [0, 0.1) is 11.3 Å². The van der Waals surface area contributed by atoms with Gasteiger partial charge in [-0.05, 0) is 25.3 Å². The third-order valence-electron chi connectivity index (χ3n) is 3.77. The molecule has 0 aromatic carbocycles. The van der Waals surface area contributed by atoms with E-state index < -0.39 is 0 Å². The standard InChI is InChI=1S/C10H18N2O2/c1-12(14-2)9(13)10-5-3-4-8(10)6-11-7-10/h8,11H,3-7H2,1-2H3/t8-,10-/m1/s1. The van der Waals surface area contributed by atoms with Crippen molar-refractivity contribution >= 4 is 5.91 Å². The number of amides is 1. The van der Waals surface area contributed by atoms with E-state index in [1.807, 2.05) is 0 Å². The summed E-state index contributed by atoms with van der Waals surface area (Å²) in [4.78, 5) is 17.1. The fourth-order valence-corrected chi connectivity index (χ4v) is 2.90. The van der Waals surface area contributed by atoms with Crippen LogP contribution in [0.1, 0.15) is 19.3 Å². The lowest BCUT2D eigenvalue weighted by atomic mass is 9.80. The Hall–Kier alpha value is -0.610. The highest BCUT2D eigenvalue weighted by Gasteiger charge is 2.52. The molecule has 1 N–H and O–H groups in total. The van der Waals surface area contributed by atoms with Crippen LogP contribution < -0.4 is 5.32 Å². The van der Waals surface area contributed by atoms with E-state index in [0.29, 0.717) is 5.92 Å². The van der Waals surface area contributed by atoms with Crippen LogP contribution in [0.2, 0.25) is 0 Å². The Morgan fingerprint density at radius 3 is 3.14 bits per heavy atom. The first-order valence-corrected chi connectivity index (χ1v) is 5.24. The van der Waals surface area contributed by atoms with E-state index in [0.717, 1.165) is 19.5 Å². The number of hydrogen-bond donors (Lipinski definition) is 1. The van der Waals surface area contributed by atoms with Crippen molar-refractivity contribution in [2.45, 2.75) is 19.3 Å². The molecule has 2 rings (SSSR count). The summed E-state index contributed by atoms with van der Waals surface area (Å²) in [6.07, 6.45) is 3.36. The Balaban J connectivity index is 2.17. The van der Waals surface area contributed by atoms with Gasteiger partial charge in [-0.1, -0.05) is 6.42 Å². The number of nitrogens with zero attached hydrogens (tertiary/aromatic N) is 1. The molecule has 1 heterocycles. The van der Waals surface area contributed by atoms with E-state index in [4.69, 9.17) is 4.84 Å². The van der Waals surface area contributed by atoms with Gasteiger partial charge in [0.1, 0.15) is 0 Å². The molecule has 2 aliphatic rings. The number of nitrogens with one attached hydrogen (secondary N) is 1. The summed E-state index contributed by atoms with van der Waals surface area (Å²) in [6.45, 7) is 1.81. The summed E-state index contributed by atoms with van der Waals surface area (Å²) >= 11 is 0. The van der Waals surface area contributed by atoms with E-state index in [-0.39, 0.29) is 11.3 Å². The molecule has 14 heavy (non-hydrogen) atoms. The molecule has 1 aliphatic carbocycles. The first-order chi connectivity index (χ1) is 6.70. The van der Waals surface area contributed by atoms with Crippen LogP contribution in [0.5, 0.6) is 0 Å². The van der Waals surface area contributed by atoms with Gasteiger partial charge in [-0.25, -0.2) is 5.06 Å². The zero-order valence-electron chi connectivity index (χ0n) is 8.88. The van der Waals surface area contributed by atoms with Gasteiger partial charge in [-0.2, -0.15) is 0 Å². The van der Waals surface area contributed by atoms with Crippen molar-refractivity contribution in [2.24, 2.45) is 11.3 Å². The van der Waals surface area contributed by atoms with Crippen LogP contribution in [0.3, 0.4) is 0 Å². The molecule has 1 saturated heterocycles. The highest BCUT2D eigenvalue weighted by molar-refractivity contribution is 5.83. The maximum atomic E-state index is 12.1. The average Bonchev–Trinajstić information content (AvgIpc) is 2.73. The minimum absolute atomic E-state index is 0.146. The zero-order valence-corrected chi connectivity index (χ0v) is 8.88. The third-order valence-corrected chi connectivity index (χ3v) is 3.77. The van der Waals surface area contributed by atoms with Gasteiger partial charge in [0.15, 0.2) is 0 Å². The van der Waals surface area contributed by atoms with Crippen molar-refractivity contribution in [1.29, 1.82) is 0 Å². The SMILES string of the molecule is CON(C)C(=O)[C@@]12CCC[C@@H]1CNC2. The number of carbonyl (C=O) groups excluding carboxylic acids is 1. The lowest BCUT2D eigenvalue weighted by molar-refractivity contribution is -0.180. The van der Waals surface area contributed by atoms with Gasteiger partial charge in [0.2, 0.25) is 0 Å². The number of fused-ring (bicyclic) bond motifs is 1. The molecular formula is C10H18N2O2. The second-order valence-corrected chi connectivity index (χ2v) is 4.36. The maximum absolute atomic E-state index is 12.1. The Labute approximate surface area is 84.6 Å². The molecule has 1 saturated carbocycles. The molecule has 1 aliphatic heterocycles. The van der Waals surface area contributed by atoms with E-state index in [1.54, 1.807) is 14.2 Å². The number of hydrogen-bond acceptors (Lipinski definition) is 3. The number of hydroxylamine groups is 2. The monoisotopic (exact) mass is 198 g/mol. The summed E-state index contributed by atoms with van der Waals surface area (Å²) in [7, 11) is 3.24. The molecule has 4 heteroatoms. The van der Waals surface area contributed by atoms with Crippen molar-refractivity contribution < 1.29 is 9.63 Å². The van der Waals surface area contributed by atoms with Crippen molar-refractivity contribution in [1.82, 2.24) is 10.4 Å². The second kappa shape index (κ2) is 3.51. The zero-order chi connectivity index (χ0) is 10.2. The molecule has 2 atom stereocenters. The quantitative estimate of drug-likeness (QED) is 0.653. The van der Waals surface area contributed by atoms with Gasteiger partial charge in [-0.3, -0.25) is 9.63 Å². The highest BCUT2D eigenvalue weighted by Crippen LogP contribution is 2.46. The summed E-state index contributed by atoms with van der Waals surface area (Å²) in [5.41, 5.74) is -0.162. The van der Waals surface area contributed by atoms with E-state index in [1.165, 1.54) is 17.9 Å². The summed E-state index contributed by atoms with van der Waals surface area (Å²) in [6, 6.07) is 0. The summed E-state index contributed by atoms with van der Waals surface area (Å²) in [5, 5.41) is 4.70. The lowest BCUT2D eigenvalue weighted by Gasteiger charge is -2.30. The fraction of sp³-hybridized carbons (Fsp3) is 0.900. The first kappa shape index (κ1) is 9.93. The van der Waals surface area contributed by atoms with Crippen molar-refractivity contribution in [3.05, 3.63) is 0 Å². The molecule has 1 amide bonds. The molecular weight excluding hydrogens is 180 g/mol. The molecule has 0 aromatic heterocycles. The topological polar surface area (TPSA) is 41.6 Å². The largest absolute Gasteiger partial charge is 0.315 e. The smallest absolute Gasteiger partial charge is 0.253 e.